The van der Waals surface area contributed by atoms with Crippen LogP contribution in [0.2, 0.25) is 0 Å². The standard InChI is InChI=1S/C57H84N10O19S/c1-5-7-16-36(59-31-69)48(75)62-39(24-32(3)4)50(77)64-40(25-33-14-10-9-11-15-33)51(78)60-37(17-8-6-2)49(76)63-41(26-34-19-21-35(70)22-20-34)52(79)61-38(56(83)84)18-12-13-23-58-44(29-68)54(81)67-45(30-87)55(82)65-42(27-46(71)72)53(80)66-43(57(85)86)28-47(73)74/h9-11,14-15,19-22,31-32,36-45,58,68,70,87H,5-8,12-13,16-18,23-30H2,1-4H3,(H,59,69)(H,60,78)(H,61,79)(H,62,75)(H,63,76)(H,64,77)(H,65,82)(H,66,80)(H,67,81)(H,71,72)(H,73,74)(H,83,84)(H,85,86)/t36-,37-,38-,39-,40-,41-,42-,43-,44-,45-/m0/s1. The van der Waals surface area contributed by atoms with Crippen molar-refractivity contribution in [3.8, 4) is 5.75 Å². The van der Waals surface area contributed by atoms with Crippen LogP contribution in [0.5, 0.6) is 5.75 Å². The van der Waals surface area contributed by atoms with E-state index in [9.17, 15) is 87.9 Å². The first-order valence-corrected chi connectivity index (χ1v) is 29.2. The minimum atomic E-state index is -1.98. The Morgan fingerprint density at radius 2 is 0.874 bits per heavy atom. The number of nitrogens with one attached hydrogen (secondary N) is 10. The molecule has 0 unspecified atom stereocenters. The first-order chi connectivity index (χ1) is 41.3. The molecule has 0 heterocycles. The molecule has 30 heteroatoms. The van der Waals surface area contributed by atoms with Gasteiger partial charge in [-0.05, 0) is 74.2 Å². The monoisotopic (exact) mass is 1240 g/mol. The largest absolute Gasteiger partial charge is 0.508 e. The van der Waals surface area contributed by atoms with Crippen molar-refractivity contribution in [3.05, 3.63) is 65.7 Å². The van der Waals surface area contributed by atoms with Gasteiger partial charge in [0.2, 0.25) is 53.7 Å². The maximum atomic E-state index is 14.4. The fraction of sp³-hybridized carbons (Fsp3) is 0.561. The Bertz CT molecular complexity index is 2620. The molecular weight excluding hydrogens is 1160 g/mol. The number of benzene rings is 2. The number of aromatic hydroxyl groups is 1. The van der Waals surface area contributed by atoms with E-state index in [-0.39, 0.29) is 63.2 Å². The lowest BCUT2D eigenvalue weighted by molar-refractivity contribution is -0.148. The highest BCUT2D eigenvalue weighted by Gasteiger charge is 2.36. The fourth-order valence-electron chi connectivity index (χ4n) is 8.68. The van der Waals surface area contributed by atoms with Crippen LogP contribution in [-0.4, -0.2) is 188 Å². The normalized spacial score (nSPS) is 14.5. The minimum Gasteiger partial charge on any atom is -0.508 e. The second-order valence-electron chi connectivity index (χ2n) is 21.0. The highest BCUT2D eigenvalue weighted by atomic mass is 32.1. The van der Waals surface area contributed by atoms with Gasteiger partial charge in [-0.2, -0.15) is 12.6 Å². The van der Waals surface area contributed by atoms with Crippen molar-refractivity contribution in [2.24, 2.45) is 5.92 Å². The molecule has 0 aliphatic carbocycles. The summed E-state index contributed by atoms with van der Waals surface area (Å²) in [6, 6.07) is -0.206. The van der Waals surface area contributed by atoms with Crippen molar-refractivity contribution >= 4 is 90.2 Å². The highest BCUT2D eigenvalue weighted by Crippen LogP contribution is 2.15. The summed E-state index contributed by atoms with van der Waals surface area (Å²) < 4.78 is 0. The Hall–Kier alpha value is -8.38. The molecule has 29 nitrogen and oxygen atoms in total. The summed E-state index contributed by atoms with van der Waals surface area (Å²) >= 11 is 4.03. The SMILES string of the molecule is CCCC[C@H](NC=O)C(=O)N[C@@H](CC(C)C)C(=O)N[C@@H](Cc1ccccc1)C(=O)N[C@@H](CCCC)C(=O)N[C@@H](Cc1ccc(O)cc1)C(=O)N[C@@H](CCCCN[C@@H](CO)C(=O)N[C@@H](CS)C(=O)N[C@@H](CC(=O)O)C(=O)N[C@@H](CC(=O)O)C(=O)O)C(=O)O. The molecule has 2 aromatic carbocycles. The Morgan fingerprint density at radius 3 is 1.38 bits per heavy atom. The molecule has 0 radical (unpaired) electrons. The Labute approximate surface area is 508 Å². The van der Waals surface area contributed by atoms with E-state index in [1.165, 1.54) is 24.3 Å². The first-order valence-electron chi connectivity index (χ1n) is 28.6. The van der Waals surface area contributed by atoms with Gasteiger partial charge in [0, 0.05) is 18.6 Å². The third kappa shape index (κ3) is 28.6. The van der Waals surface area contributed by atoms with Crippen molar-refractivity contribution in [2.45, 2.75) is 178 Å². The third-order valence-corrected chi connectivity index (χ3v) is 13.8. The number of carboxylic acid groups (broad SMARTS) is 4. The number of aliphatic carboxylic acids is 4. The van der Waals surface area contributed by atoms with Crippen LogP contribution in [0.15, 0.2) is 54.6 Å². The average molecular weight is 1250 g/mol. The van der Waals surface area contributed by atoms with E-state index in [1.54, 1.807) is 30.3 Å². The molecule has 2 aromatic rings. The summed E-state index contributed by atoms with van der Waals surface area (Å²) in [5.74, 6) is -14.4. The zero-order chi connectivity index (χ0) is 65.2. The van der Waals surface area contributed by atoms with E-state index in [0.717, 1.165) is 6.42 Å². The molecular formula is C57H84N10O19S. The Kier molecular flexibility index (Phi) is 34.4. The number of hydrogen-bond acceptors (Lipinski definition) is 17. The van der Waals surface area contributed by atoms with E-state index in [2.05, 4.69) is 60.5 Å². The van der Waals surface area contributed by atoms with Gasteiger partial charge >= 0.3 is 23.9 Å². The number of thiol groups is 1. The minimum absolute atomic E-state index is 0.0479. The summed E-state index contributed by atoms with van der Waals surface area (Å²) in [6.45, 7) is 6.56. The Morgan fingerprint density at radius 1 is 0.471 bits per heavy atom. The lowest BCUT2D eigenvalue weighted by atomic mass is 9.99. The maximum Gasteiger partial charge on any atom is 0.326 e. The molecule has 16 N–H and O–H groups in total. The van der Waals surface area contributed by atoms with Crippen LogP contribution in [-0.2, 0) is 75.2 Å². The molecule has 10 atom stereocenters. The number of carbonyl (C=O) groups is 13. The number of aliphatic hydroxyl groups is 1. The smallest absolute Gasteiger partial charge is 0.326 e. The van der Waals surface area contributed by atoms with Crippen LogP contribution in [0, 0.1) is 5.92 Å². The molecule has 0 saturated heterocycles. The maximum absolute atomic E-state index is 14.4. The molecule has 0 saturated carbocycles. The highest BCUT2D eigenvalue weighted by molar-refractivity contribution is 7.80. The Balaban J connectivity index is 2.29. The number of carboxylic acids is 4. The van der Waals surface area contributed by atoms with Gasteiger partial charge in [0.25, 0.3) is 0 Å². The second kappa shape index (κ2) is 40.1. The molecule has 482 valence electrons. The molecule has 0 fully saturated rings. The number of phenols is 1. The zero-order valence-electron chi connectivity index (χ0n) is 49.1. The van der Waals surface area contributed by atoms with Crippen LogP contribution < -0.4 is 53.2 Å². The lowest BCUT2D eigenvalue weighted by Gasteiger charge is -2.28. The molecule has 9 amide bonds. The molecule has 0 aliphatic heterocycles. The van der Waals surface area contributed by atoms with Gasteiger partial charge in [0.1, 0.15) is 66.2 Å². The lowest BCUT2D eigenvalue weighted by Crippen LogP contribution is -2.60. The van der Waals surface area contributed by atoms with Gasteiger partial charge in [0.05, 0.1) is 19.4 Å². The van der Waals surface area contributed by atoms with Crippen molar-refractivity contribution in [1.29, 1.82) is 0 Å². The third-order valence-electron chi connectivity index (χ3n) is 13.4. The number of aliphatic hydroxyl groups excluding tert-OH is 1. The van der Waals surface area contributed by atoms with E-state index in [1.807, 2.05) is 33.0 Å². The van der Waals surface area contributed by atoms with Gasteiger partial charge < -0.3 is 83.8 Å². The molecule has 0 bridgehead atoms. The quantitative estimate of drug-likeness (QED) is 0.0210. The molecule has 87 heavy (non-hydrogen) atoms. The summed E-state index contributed by atoms with van der Waals surface area (Å²) in [5, 5.41) is 82.7. The molecule has 0 aliphatic rings. The van der Waals surface area contributed by atoms with Crippen LogP contribution in [0.25, 0.3) is 0 Å². The average Bonchev–Trinajstić information content (AvgIpc) is 2.96. The summed E-state index contributed by atoms with van der Waals surface area (Å²) in [4.78, 5) is 168. The van der Waals surface area contributed by atoms with Crippen LogP contribution in [0.1, 0.15) is 116 Å². The number of hydrogen-bond donors (Lipinski definition) is 17. The number of unbranched alkanes of at least 4 members (excludes halogenated alkanes) is 3. The number of phenolic OH excluding ortho intramolecular Hbond substituents is 1. The first kappa shape index (κ1) is 74.7. The number of amides is 9. The number of rotatable bonds is 44. The predicted octanol–water partition coefficient (Wildman–Crippen LogP) is -1.23. The summed E-state index contributed by atoms with van der Waals surface area (Å²) in [5.41, 5.74) is 1.08. The van der Waals surface area contributed by atoms with E-state index >= 15 is 0 Å². The number of carbonyl (C=O) groups excluding carboxylic acids is 9. The second-order valence-corrected chi connectivity index (χ2v) is 21.4. The zero-order valence-corrected chi connectivity index (χ0v) is 50.0. The van der Waals surface area contributed by atoms with Crippen LogP contribution in [0.4, 0.5) is 0 Å². The van der Waals surface area contributed by atoms with E-state index < -0.39 is 157 Å². The predicted molar refractivity (Wildman–Crippen MR) is 315 cm³/mol. The topological polar surface area (TPSA) is 464 Å². The van der Waals surface area contributed by atoms with E-state index in [4.69, 9.17) is 5.11 Å². The molecule has 2 rings (SSSR count). The van der Waals surface area contributed by atoms with Crippen molar-refractivity contribution in [2.75, 3.05) is 18.9 Å². The van der Waals surface area contributed by atoms with Crippen LogP contribution in [0.3, 0.4) is 0 Å². The van der Waals surface area contributed by atoms with Gasteiger partial charge in [-0.1, -0.05) is 95.8 Å². The fourth-order valence-corrected chi connectivity index (χ4v) is 8.93. The molecule has 0 aromatic heterocycles. The van der Waals surface area contributed by atoms with Crippen molar-refractivity contribution in [1.82, 2.24) is 53.2 Å². The van der Waals surface area contributed by atoms with Gasteiger partial charge in [-0.3, -0.25) is 52.7 Å². The van der Waals surface area contributed by atoms with Gasteiger partial charge in [-0.25, -0.2) is 9.59 Å². The molecule has 0 spiro atoms. The van der Waals surface area contributed by atoms with Gasteiger partial charge in [-0.15, -0.1) is 0 Å². The van der Waals surface area contributed by atoms with Crippen molar-refractivity contribution < 1.29 is 93.0 Å². The summed E-state index contributed by atoms with van der Waals surface area (Å²) in [7, 11) is 0. The van der Waals surface area contributed by atoms with Gasteiger partial charge in [0.15, 0.2) is 0 Å². The van der Waals surface area contributed by atoms with E-state index in [0.29, 0.717) is 43.2 Å². The summed E-state index contributed by atoms with van der Waals surface area (Å²) in [6.07, 6.45) is 0.874. The van der Waals surface area contributed by atoms with Crippen LogP contribution >= 0.6 is 12.6 Å². The van der Waals surface area contributed by atoms with Crippen molar-refractivity contribution in [3.63, 3.8) is 0 Å².